The van der Waals surface area contributed by atoms with Gasteiger partial charge in [0.15, 0.2) is 9.84 Å². The molecule has 0 aromatic heterocycles. The summed E-state index contributed by atoms with van der Waals surface area (Å²) < 4.78 is 56.2. The number of nitrogens with one attached hydrogen (secondary N) is 1. The van der Waals surface area contributed by atoms with Gasteiger partial charge in [-0.25, -0.2) is 12.6 Å². The van der Waals surface area contributed by atoms with Gasteiger partial charge in [0.1, 0.15) is 11.4 Å². The summed E-state index contributed by atoms with van der Waals surface area (Å²) in [5.41, 5.74) is 2.99. The lowest BCUT2D eigenvalue weighted by Crippen LogP contribution is -2.63. The minimum atomic E-state index is -3.06. The van der Waals surface area contributed by atoms with E-state index in [0.717, 1.165) is 74.7 Å². The lowest BCUT2D eigenvalue weighted by Gasteiger charge is -2.53. The van der Waals surface area contributed by atoms with E-state index in [9.17, 15) is 17.4 Å². The molecule has 2 aromatic rings. The zero-order chi connectivity index (χ0) is 39.5. The van der Waals surface area contributed by atoms with Crippen molar-refractivity contribution in [2.75, 3.05) is 75.4 Å². The molecule has 6 aliphatic rings. The number of fused-ring (bicyclic) bond motifs is 5. The van der Waals surface area contributed by atoms with Gasteiger partial charge >= 0.3 is 0 Å². The van der Waals surface area contributed by atoms with Crippen LogP contribution in [-0.4, -0.2) is 122 Å². The fourth-order valence-electron chi connectivity index (χ4n) is 10.6. The highest BCUT2D eigenvalue weighted by Gasteiger charge is 2.51. The molecule has 1 N–H and O–H groups in total. The Morgan fingerprint density at radius 3 is 2.70 bits per heavy atom. The highest BCUT2D eigenvalue weighted by molar-refractivity contribution is 7.99. The summed E-state index contributed by atoms with van der Waals surface area (Å²) in [5.74, 6) is 5.33. The number of ether oxygens (including phenoxy) is 2. The maximum Gasteiger partial charge on any atom is 0.262 e. The van der Waals surface area contributed by atoms with E-state index in [2.05, 4.69) is 63.4 Å². The summed E-state index contributed by atoms with van der Waals surface area (Å²) in [6.07, 6.45) is 10.2. The molecule has 10 nitrogen and oxygen atoms in total. The summed E-state index contributed by atoms with van der Waals surface area (Å²) in [4.78, 5) is 21.1. The first-order valence-corrected chi connectivity index (χ1v) is 24.7. The molecule has 13 heteroatoms. The molecular weight excluding hydrogens is 768 g/mol. The predicted octanol–water partition coefficient (Wildman–Crippen LogP) is 5.37. The van der Waals surface area contributed by atoms with E-state index >= 15 is 0 Å². The number of aryl methyl sites for hydroxylation is 1. The van der Waals surface area contributed by atoms with E-state index in [1.807, 2.05) is 25.1 Å². The van der Waals surface area contributed by atoms with Crippen LogP contribution in [0.4, 0.5) is 5.69 Å². The molecule has 4 heterocycles. The fourth-order valence-corrected chi connectivity index (χ4v) is 13.9. The Morgan fingerprint density at radius 2 is 1.91 bits per heavy atom. The lowest BCUT2D eigenvalue weighted by atomic mass is 9.63. The van der Waals surface area contributed by atoms with Gasteiger partial charge in [-0.2, -0.15) is 0 Å². The Hall–Kier alpha value is -2.61. The van der Waals surface area contributed by atoms with E-state index in [1.54, 1.807) is 6.07 Å². The molecule has 4 aliphatic heterocycles. The minimum absolute atomic E-state index is 0.0120. The number of carbonyl (C=O) groups is 1. The number of nitrogens with zero attached hydrogens (tertiary/aromatic N) is 3. The quantitative estimate of drug-likeness (QED) is 0.322. The van der Waals surface area contributed by atoms with Crippen molar-refractivity contribution in [2.24, 2.45) is 17.8 Å². The van der Waals surface area contributed by atoms with Gasteiger partial charge in [-0.15, -0.1) is 0 Å². The van der Waals surface area contributed by atoms with Crippen molar-refractivity contribution in [2.45, 2.75) is 81.6 Å². The molecule has 1 amide bonds. The van der Waals surface area contributed by atoms with E-state index < -0.39 is 31.1 Å². The number of rotatable bonds is 4. The number of amides is 1. The summed E-state index contributed by atoms with van der Waals surface area (Å²) in [5, 5.41) is 0.359. The third-order valence-electron chi connectivity index (χ3n) is 14.1. The largest absolute Gasteiger partial charge is 0.490 e. The van der Waals surface area contributed by atoms with Crippen LogP contribution in [0.5, 0.6) is 5.75 Å². The average molecular weight is 828 g/mol. The van der Waals surface area contributed by atoms with Gasteiger partial charge in [0, 0.05) is 79.7 Å². The third-order valence-corrected chi connectivity index (χ3v) is 18.2. The highest BCUT2D eigenvalue weighted by Crippen LogP contribution is 2.49. The molecule has 8 atom stereocenters. The topological polar surface area (TPSA) is 108 Å². The molecule has 306 valence electrons. The first-order valence-electron chi connectivity index (χ1n) is 20.7. The van der Waals surface area contributed by atoms with Crippen LogP contribution in [0.15, 0.2) is 48.6 Å². The van der Waals surface area contributed by atoms with Crippen LogP contribution < -0.4 is 14.4 Å². The molecule has 2 bridgehead atoms. The number of sulfone groups is 1. The van der Waals surface area contributed by atoms with Gasteiger partial charge in [0.25, 0.3) is 5.91 Å². The number of carbonyl (C=O) groups excluding carboxylic acids is 1. The van der Waals surface area contributed by atoms with Gasteiger partial charge in [0.2, 0.25) is 0 Å². The smallest absolute Gasteiger partial charge is 0.262 e. The molecule has 3 fully saturated rings. The van der Waals surface area contributed by atoms with Gasteiger partial charge in [-0.1, -0.05) is 36.7 Å². The van der Waals surface area contributed by atoms with Crippen molar-refractivity contribution in [1.29, 1.82) is 0 Å². The summed E-state index contributed by atoms with van der Waals surface area (Å²) in [6, 6.07) is 11.9. The van der Waals surface area contributed by atoms with Crippen LogP contribution in [-0.2, 0) is 36.1 Å². The highest BCUT2D eigenvalue weighted by atomic mass is 35.5. The van der Waals surface area contributed by atoms with Crippen molar-refractivity contribution in [3.63, 3.8) is 0 Å². The van der Waals surface area contributed by atoms with Gasteiger partial charge in [-0.3, -0.25) is 19.3 Å². The zero-order valence-electron chi connectivity index (χ0n) is 33.2. The van der Waals surface area contributed by atoms with Crippen molar-refractivity contribution in [3.05, 3.63) is 70.3 Å². The van der Waals surface area contributed by atoms with Crippen LogP contribution in [0.3, 0.4) is 0 Å². The van der Waals surface area contributed by atoms with Crippen molar-refractivity contribution in [3.8, 4) is 5.75 Å². The summed E-state index contributed by atoms with van der Waals surface area (Å²) >= 11 is 6.53. The van der Waals surface area contributed by atoms with Crippen LogP contribution in [0.1, 0.15) is 74.4 Å². The number of hydrogen-bond acceptors (Lipinski definition) is 9. The van der Waals surface area contributed by atoms with Crippen molar-refractivity contribution in [1.82, 2.24) is 14.5 Å². The van der Waals surface area contributed by atoms with E-state index in [-0.39, 0.29) is 40.0 Å². The normalized spacial score (nSPS) is 36.8. The Morgan fingerprint density at radius 1 is 1.07 bits per heavy atom. The number of anilines is 1. The molecule has 1 unspecified atom stereocenters. The summed E-state index contributed by atoms with van der Waals surface area (Å²) in [6.45, 7) is 12.3. The third kappa shape index (κ3) is 7.79. The second-order valence-electron chi connectivity index (χ2n) is 17.6. The predicted molar refractivity (Wildman–Crippen MR) is 226 cm³/mol. The molecule has 1 saturated carbocycles. The average Bonchev–Trinajstić information content (AvgIpc) is 3.28. The van der Waals surface area contributed by atoms with E-state index in [0.29, 0.717) is 50.8 Å². The first-order chi connectivity index (χ1) is 26.7. The zero-order valence-corrected chi connectivity index (χ0v) is 35.6. The molecule has 2 aliphatic carbocycles. The molecule has 2 aromatic carbocycles. The standard InChI is InChI=1S/C43H59ClN4O6S2/c1-5-54-43(28-46-18-19-47-20-21-56(51,52)26-36(47)25-46)17-6-8-30(2)31(3)55(4,50)45-41(49)33-11-15-40-39(23-33)48(24-34-10-13-38(34)43)27-42(29-53-40)16-7-9-32-22-35(44)12-14-37(32)42/h6,11-12,14-15,17,22-23,30-31,34,36,38H,4-5,7-10,13,16,18-21,24-29H2,1-3H3,(H,45,49,50)/b17-6+/t30-,31+,34-,36-,38+,42-,43-,55?/m0/s1. The number of piperazine rings is 1. The Bertz CT molecular complexity index is 2080. The molecule has 8 rings (SSSR count). The van der Waals surface area contributed by atoms with Gasteiger partial charge < -0.3 is 14.4 Å². The second kappa shape index (κ2) is 15.5. The van der Waals surface area contributed by atoms with Gasteiger partial charge in [0.05, 0.1) is 33.5 Å². The summed E-state index contributed by atoms with van der Waals surface area (Å²) in [7, 11) is -6.07. The first kappa shape index (κ1) is 40.2. The van der Waals surface area contributed by atoms with Crippen LogP contribution >= 0.6 is 11.6 Å². The fraction of sp³-hybridized carbons (Fsp3) is 0.628. The molecule has 56 heavy (non-hydrogen) atoms. The van der Waals surface area contributed by atoms with Crippen LogP contribution in [0.25, 0.3) is 0 Å². The second-order valence-corrected chi connectivity index (χ2v) is 22.7. The molecule has 1 spiro atoms. The number of hydrogen-bond donors (Lipinski definition) is 1. The van der Waals surface area contributed by atoms with Gasteiger partial charge in [-0.05, 0) is 117 Å². The maximum absolute atomic E-state index is 14.1. The SMILES string of the molecule is C=S1(=O)NC(=O)c2ccc3c(c2)N(C[C@@H]2CC[C@H]2[C@](CN2CCN4CCS(=O)(=O)C[C@@H]4C2)(OCC)/C=C/C[C@H](C)[C@H]1C)C[C@@]1(CCCc2cc(Cl)ccc21)CO3. The molecule has 0 radical (unpaired) electrons. The Kier molecular flexibility index (Phi) is 11.1. The number of allylic oxidation sites excluding steroid dienone is 1. The minimum Gasteiger partial charge on any atom is -0.490 e. The maximum atomic E-state index is 14.1. The monoisotopic (exact) mass is 826 g/mol. The van der Waals surface area contributed by atoms with E-state index in [1.165, 1.54) is 11.1 Å². The van der Waals surface area contributed by atoms with Crippen molar-refractivity contribution < 1.29 is 26.9 Å². The molecular formula is C43H59ClN4O6S2. The Balaban J connectivity index is 1.19. The van der Waals surface area contributed by atoms with Crippen molar-refractivity contribution >= 4 is 48.6 Å². The van der Waals surface area contributed by atoms with E-state index in [4.69, 9.17) is 21.1 Å². The van der Waals surface area contributed by atoms with Crippen LogP contribution in [0.2, 0.25) is 5.02 Å². The van der Waals surface area contributed by atoms with Crippen LogP contribution in [0, 0.1) is 17.8 Å². The number of halogens is 1. The Labute approximate surface area is 339 Å². The lowest BCUT2D eigenvalue weighted by molar-refractivity contribution is -0.114. The number of benzene rings is 2. The molecule has 2 saturated heterocycles.